The highest BCUT2D eigenvalue weighted by Crippen LogP contribution is 2.35. The fourth-order valence-corrected chi connectivity index (χ4v) is 5.75. The molecule has 0 spiro atoms. The number of nitrogens with zero attached hydrogens (tertiary/aromatic N) is 4. The third-order valence-corrected chi connectivity index (χ3v) is 8.16. The predicted octanol–water partition coefficient (Wildman–Crippen LogP) is 4.40. The van der Waals surface area contributed by atoms with Crippen LogP contribution >= 0.6 is 11.6 Å². The molecule has 2 saturated heterocycles. The first-order valence-electron chi connectivity index (χ1n) is 14.0. The molecule has 2 aromatic carbocycles. The van der Waals surface area contributed by atoms with E-state index in [1.807, 2.05) is 24.3 Å². The maximum Gasteiger partial charge on any atom is 0.257 e. The lowest BCUT2D eigenvalue weighted by atomic mass is 10.0. The van der Waals surface area contributed by atoms with Crippen molar-refractivity contribution in [2.75, 3.05) is 44.8 Å². The van der Waals surface area contributed by atoms with Crippen LogP contribution in [0.15, 0.2) is 54.7 Å². The molecule has 2 aliphatic rings. The highest BCUT2D eigenvalue weighted by Gasteiger charge is 2.31. The van der Waals surface area contributed by atoms with Crippen molar-refractivity contribution in [2.45, 2.75) is 38.6 Å². The Morgan fingerprint density at radius 2 is 1.90 bits per heavy atom. The molecule has 0 saturated carbocycles. The van der Waals surface area contributed by atoms with E-state index in [1.54, 1.807) is 18.1 Å². The lowest BCUT2D eigenvalue weighted by Crippen LogP contribution is -2.41. The number of carbonyl (C=O) groups is 2. The van der Waals surface area contributed by atoms with Crippen LogP contribution < -0.4 is 10.2 Å². The molecule has 8 nitrogen and oxygen atoms in total. The zero-order chi connectivity index (χ0) is 28.1. The fraction of sp³-hybridized carbons (Fsp3) is 0.419. The Morgan fingerprint density at radius 3 is 2.67 bits per heavy atom. The van der Waals surface area contributed by atoms with E-state index >= 15 is 0 Å². The van der Waals surface area contributed by atoms with Gasteiger partial charge in [0.05, 0.1) is 36.4 Å². The molecule has 0 radical (unpaired) electrons. The molecule has 2 aliphatic heterocycles. The van der Waals surface area contributed by atoms with E-state index in [-0.39, 0.29) is 17.9 Å². The van der Waals surface area contributed by atoms with Gasteiger partial charge in [-0.2, -0.15) is 0 Å². The Hall–Kier alpha value is -3.49. The second-order valence-corrected chi connectivity index (χ2v) is 10.9. The number of halogens is 1. The van der Waals surface area contributed by atoms with Crippen molar-refractivity contribution in [1.29, 1.82) is 0 Å². The summed E-state index contributed by atoms with van der Waals surface area (Å²) in [5, 5.41) is 3.39. The molecule has 1 N–H and O–H groups in total. The van der Waals surface area contributed by atoms with Gasteiger partial charge in [0.25, 0.3) is 5.91 Å². The summed E-state index contributed by atoms with van der Waals surface area (Å²) in [4.78, 5) is 40.0. The summed E-state index contributed by atoms with van der Waals surface area (Å²) in [6.07, 6.45) is 5.07. The number of nitrogens with one attached hydrogen (secondary N) is 1. The minimum absolute atomic E-state index is 0.131. The highest BCUT2D eigenvalue weighted by atomic mass is 35.5. The summed E-state index contributed by atoms with van der Waals surface area (Å²) in [6.45, 7) is 4.32. The molecule has 3 aromatic rings. The van der Waals surface area contributed by atoms with E-state index in [4.69, 9.17) is 26.3 Å². The predicted molar refractivity (Wildman–Crippen MR) is 156 cm³/mol. The van der Waals surface area contributed by atoms with Crippen molar-refractivity contribution >= 4 is 29.4 Å². The Labute approximate surface area is 240 Å². The molecule has 0 bridgehead atoms. The number of aromatic nitrogens is 2. The number of rotatable bonds is 7. The second kappa shape index (κ2) is 12.8. The average Bonchev–Trinajstić information content (AvgIpc) is 3.33. The summed E-state index contributed by atoms with van der Waals surface area (Å²) in [7, 11) is 1.60. The van der Waals surface area contributed by atoms with E-state index < -0.39 is 5.92 Å². The van der Waals surface area contributed by atoms with Crippen LogP contribution in [0.4, 0.5) is 5.95 Å². The molecule has 2 amide bonds. The monoisotopic (exact) mass is 561 g/mol. The van der Waals surface area contributed by atoms with Crippen LogP contribution in [-0.2, 0) is 22.4 Å². The lowest BCUT2D eigenvalue weighted by molar-refractivity contribution is -0.126. The molecule has 0 unspecified atom stereocenters. The molecule has 40 heavy (non-hydrogen) atoms. The van der Waals surface area contributed by atoms with Gasteiger partial charge in [-0.15, -0.1) is 0 Å². The van der Waals surface area contributed by atoms with E-state index in [1.165, 1.54) is 16.7 Å². The Morgan fingerprint density at radius 1 is 1.10 bits per heavy atom. The molecule has 210 valence electrons. The third kappa shape index (κ3) is 6.29. The maximum absolute atomic E-state index is 13.9. The molecular formula is C31H36ClN5O3. The van der Waals surface area contributed by atoms with Gasteiger partial charge in [-0.05, 0) is 61.4 Å². The van der Waals surface area contributed by atoms with Gasteiger partial charge >= 0.3 is 0 Å². The number of aryl methyl sites for hydroxylation is 3. The van der Waals surface area contributed by atoms with Crippen molar-refractivity contribution in [2.24, 2.45) is 5.92 Å². The van der Waals surface area contributed by atoms with Crippen LogP contribution in [0.25, 0.3) is 0 Å². The quantitative estimate of drug-likeness (QED) is 0.460. The van der Waals surface area contributed by atoms with Crippen molar-refractivity contribution in [3.8, 4) is 0 Å². The van der Waals surface area contributed by atoms with Crippen molar-refractivity contribution in [3.63, 3.8) is 0 Å². The van der Waals surface area contributed by atoms with Gasteiger partial charge in [-0.3, -0.25) is 9.59 Å². The van der Waals surface area contributed by atoms with Crippen LogP contribution in [0.5, 0.6) is 0 Å². The Kier molecular flexibility index (Phi) is 8.97. The first kappa shape index (κ1) is 28.1. The molecule has 5 rings (SSSR count). The largest absolute Gasteiger partial charge is 0.379 e. The van der Waals surface area contributed by atoms with Gasteiger partial charge in [0.1, 0.15) is 0 Å². The van der Waals surface area contributed by atoms with E-state index in [2.05, 4.69) is 41.4 Å². The fourth-order valence-electron chi connectivity index (χ4n) is 5.62. The number of carbonyl (C=O) groups excluding carboxylic acids is 2. The first-order chi connectivity index (χ1) is 19.4. The molecule has 9 heteroatoms. The molecule has 1 aromatic heterocycles. The molecule has 3 heterocycles. The summed E-state index contributed by atoms with van der Waals surface area (Å²) >= 11 is 6.14. The molecule has 0 aliphatic carbocycles. The van der Waals surface area contributed by atoms with Gasteiger partial charge in [0.15, 0.2) is 0 Å². The second-order valence-electron chi connectivity index (χ2n) is 10.5. The standard InChI is InChI=1S/C31H36ClN5O3/c1-21-6-3-4-7-22(21)11-14-27-26(30(39)36-16-17-40-20-24(19-36)29(38)33-2)18-34-31(35-27)37-15-5-8-28(37)23-9-12-25(32)13-10-23/h3-4,6-7,9-10,12-13,18,24,28H,5,8,11,14-17,19-20H2,1-2H3,(H,33,38)/t24-,28-/m0/s1. The average molecular weight is 562 g/mol. The number of ether oxygens (including phenoxy) is 1. The van der Waals surface area contributed by atoms with E-state index in [0.29, 0.717) is 49.3 Å². The SMILES string of the molecule is CNC(=O)[C@@H]1COCCN(C(=O)c2cnc(N3CCC[C@H]3c3ccc(Cl)cc3)nc2CCc2ccccc2C)C1. The summed E-state index contributed by atoms with van der Waals surface area (Å²) < 4.78 is 5.64. The van der Waals surface area contributed by atoms with Crippen LogP contribution in [0.2, 0.25) is 5.02 Å². The first-order valence-corrected chi connectivity index (χ1v) is 14.3. The minimum atomic E-state index is -0.420. The van der Waals surface area contributed by atoms with Gasteiger partial charge in [0, 0.05) is 37.9 Å². The van der Waals surface area contributed by atoms with Crippen molar-refractivity contribution in [3.05, 3.63) is 87.7 Å². The van der Waals surface area contributed by atoms with Crippen molar-refractivity contribution in [1.82, 2.24) is 20.2 Å². The van der Waals surface area contributed by atoms with Crippen LogP contribution in [-0.4, -0.2) is 66.6 Å². The third-order valence-electron chi connectivity index (χ3n) is 7.91. The number of hydrogen-bond acceptors (Lipinski definition) is 6. The molecule has 2 atom stereocenters. The molecular weight excluding hydrogens is 526 g/mol. The smallest absolute Gasteiger partial charge is 0.257 e. The van der Waals surface area contributed by atoms with Gasteiger partial charge in [-0.1, -0.05) is 48.0 Å². The van der Waals surface area contributed by atoms with Crippen LogP contribution in [0.1, 0.15) is 51.6 Å². The van der Waals surface area contributed by atoms with Gasteiger partial charge < -0.3 is 19.9 Å². The maximum atomic E-state index is 13.9. The Bertz CT molecular complexity index is 1350. The van der Waals surface area contributed by atoms with Crippen molar-refractivity contribution < 1.29 is 14.3 Å². The van der Waals surface area contributed by atoms with Gasteiger partial charge in [0.2, 0.25) is 11.9 Å². The summed E-state index contributed by atoms with van der Waals surface area (Å²) in [6, 6.07) is 16.4. The lowest BCUT2D eigenvalue weighted by Gasteiger charge is -2.27. The molecule has 2 fully saturated rings. The highest BCUT2D eigenvalue weighted by molar-refractivity contribution is 6.30. The van der Waals surface area contributed by atoms with E-state index in [9.17, 15) is 9.59 Å². The normalized spacial score (nSPS) is 19.4. The number of anilines is 1. The zero-order valence-corrected chi connectivity index (χ0v) is 23.9. The Balaban J connectivity index is 1.46. The van der Waals surface area contributed by atoms with Crippen LogP contribution in [0, 0.1) is 12.8 Å². The summed E-state index contributed by atoms with van der Waals surface area (Å²) in [5.74, 6) is -0.0808. The number of amides is 2. The topological polar surface area (TPSA) is 87.7 Å². The zero-order valence-electron chi connectivity index (χ0n) is 23.1. The summed E-state index contributed by atoms with van der Waals surface area (Å²) in [5.41, 5.74) is 4.82. The number of benzene rings is 2. The van der Waals surface area contributed by atoms with Crippen LogP contribution in [0.3, 0.4) is 0 Å². The number of hydrogen-bond donors (Lipinski definition) is 1. The van der Waals surface area contributed by atoms with Gasteiger partial charge in [-0.25, -0.2) is 9.97 Å². The van der Waals surface area contributed by atoms with E-state index in [0.717, 1.165) is 31.5 Å². The minimum Gasteiger partial charge on any atom is -0.379 e.